The Hall–Kier alpha value is -2.15. The van der Waals surface area contributed by atoms with Gasteiger partial charge in [-0.05, 0) is 60.3 Å². The van der Waals surface area contributed by atoms with Crippen LogP contribution in [0.3, 0.4) is 0 Å². The summed E-state index contributed by atoms with van der Waals surface area (Å²) in [5, 5.41) is 1.34. The van der Waals surface area contributed by atoms with E-state index in [9.17, 15) is 13.2 Å². The molecule has 0 atom stereocenters. The molecule has 0 spiro atoms. The van der Waals surface area contributed by atoms with Gasteiger partial charge in [-0.15, -0.1) is 0 Å². The average molecular weight is 363 g/mol. The zero-order valence-electron chi connectivity index (χ0n) is 12.8. The van der Waals surface area contributed by atoms with Gasteiger partial charge in [0.05, 0.1) is 4.90 Å². The van der Waals surface area contributed by atoms with Gasteiger partial charge in [0.1, 0.15) is 0 Å². The van der Waals surface area contributed by atoms with E-state index in [1.54, 1.807) is 25.1 Å². The van der Waals surface area contributed by atoms with Crippen molar-refractivity contribution in [1.29, 1.82) is 0 Å². The monoisotopic (exact) mass is 362 g/mol. The molecule has 1 aromatic heterocycles. The largest absolute Gasteiger partial charge is 0.322 e. The standard InChI is InChI=1S/C17H15ClN2O3S/c1-11-8-13-9-12(2-7-16(13)20-17(11)21)10-19-24(22,23)15-5-3-14(18)4-6-15/h2-9,19H,10H2,1H3,(H,20,21). The van der Waals surface area contributed by atoms with Gasteiger partial charge >= 0.3 is 0 Å². The lowest BCUT2D eigenvalue weighted by atomic mass is 10.1. The first-order valence-electron chi connectivity index (χ1n) is 7.23. The summed E-state index contributed by atoms with van der Waals surface area (Å²) in [7, 11) is -3.61. The maximum atomic E-state index is 12.3. The zero-order chi connectivity index (χ0) is 17.3. The third-order valence-electron chi connectivity index (χ3n) is 3.68. The molecule has 124 valence electrons. The number of rotatable bonds is 4. The molecule has 0 fully saturated rings. The van der Waals surface area contributed by atoms with E-state index < -0.39 is 10.0 Å². The molecule has 3 rings (SSSR count). The normalized spacial score (nSPS) is 11.8. The Morgan fingerprint density at radius 3 is 2.50 bits per heavy atom. The first-order valence-corrected chi connectivity index (χ1v) is 9.09. The maximum absolute atomic E-state index is 12.3. The van der Waals surface area contributed by atoms with Gasteiger partial charge in [-0.3, -0.25) is 4.79 Å². The molecule has 0 saturated heterocycles. The van der Waals surface area contributed by atoms with Crippen molar-refractivity contribution in [2.45, 2.75) is 18.4 Å². The summed E-state index contributed by atoms with van der Waals surface area (Å²) < 4.78 is 27.1. The minimum atomic E-state index is -3.61. The van der Waals surface area contributed by atoms with E-state index >= 15 is 0 Å². The van der Waals surface area contributed by atoms with Crippen molar-refractivity contribution in [2.75, 3.05) is 0 Å². The Bertz CT molecular complexity index is 1060. The third kappa shape index (κ3) is 3.51. The number of halogens is 1. The minimum Gasteiger partial charge on any atom is -0.322 e. The molecule has 0 amide bonds. The van der Waals surface area contributed by atoms with Crippen LogP contribution < -0.4 is 10.3 Å². The molecular formula is C17H15ClN2O3S. The summed E-state index contributed by atoms with van der Waals surface area (Å²) in [5.41, 5.74) is 2.00. The van der Waals surface area contributed by atoms with E-state index in [2.05, 4.69) is 9.71 Å². The van der Waals surface area contributed by atoms with Gasteiger partial charge < -0.3 is 4.98 Å². The first kappa shape index (κ1) is 16.7. The second-order valence-corrected chi connectivity index (χ2v) is 7.68. The molecule has 0 aliphatic rings. The van der Waals surface area contributed by atoms with Crippen molar-refractivity contribution in [2.24, 2.45) is 0 Å². The van der Waals surface area contributed by atoms with Crippen molar-refractivity contribution in [3.8, 4) is 0 Å². The van der Waals surface area contributed by atoms with E-state index in [-0.39, 0.29) is 17.0 Å². The number of hydrogen-bond acceptors (Lipinski definition) is 3. The summed E-state index contributed by atoms with van der Waals surface area (Å²) >= 11 is 5.77. The molecule has 0 saturated carbocycles. The highest BCUT2D eigenvalue weighted by atomic mass is 35.5. The lowest BCUT2D eigenvalue weighted by molar-refractivity contribution is 0.581. The van der Waals surface area contributed by atoms with Gasteiger partial charge in [0.2, 0.25) is 10.0 Å². The topological polar surface area (TPSA) is 79.0 Å². The van der Waals surface area contributed by atoms with Gasteiger partial charge in [-0.25, -0.2) is 13.1 Å². The van der Waals surface area contributed by atoms with Crippen molar-refractivity contribution in [3.05, 3.63) is 75.0 Å². The summed E-state index contributed by atoms with van der Waals surface area (Å²) in [5.74, 6) is 0. The molecule has 7 heteroatoms. The van der Waals surface area contributed by atoms with Crippen LogP contribution in [0, 0.1) is 6.92 Å². The maximum Gasteiger partial charge on any atom is 0.251 e. The van der Waals surface area contributed by atoms with Crippen LogP contribution in [0.15, 0.2) is 58.2 Å². The second kappa shape index (κ2) is 6.39. The number of sulfonamides is 1. The van der Waals surface area contributed by atoms with Crippen molar-refractivity contribution in [3.63, 3.8) is 0 Å². The van der Waals surface area contributed by atoms with Gasteiger partial charge in [-0.2, -0.15) is 0 Å². The molecule has 1 heterocycles. The molecular weight excluding hydrogens is 348 g/mol. The van der Waals surface area contributed by atoms with E-state index in [4.69, 9.17) is 11.6 Å². The highest BCUT2D eigenvalue weighted by Gasteiger charge is 2.13. The fourth-order valence-corrected chi connectivity index (χ4v) is 3.49. The van der Waals surface area contributed by atoms with Crippen molar-refractivity contribution < 1.29 is 8.42 Å². The van der Waals surface area contributed by atoms with Crippen LogP contribution in [0.1, 0.15) is 11.1 Å². The molecule has 3 aromatic rings. The molecule has 2 aromatic carbocycles. The predicted molar refractivity (Wildman–Crippen MR) is 94.8 cm³/mol. The fraction of sp³-hybridized carbons (Fsp3) is 0.118. The van der Waals surface area contributed by atoms with Crippen LogP contribution in [0.2, 0.25) is 5.02 Å². The van der Waals surface area contributed by atoms with Crippen LogP contribution in [-0.4, -0.2) is 13.4 Å². The van der Waals surface area contributed by atoms with E-state index in [1.807, 2.05) is 6.07 Å². The van der Waals surface area contributed by atoms with Crippen LogP contribution in [0.5, 0.6) is 0 Å². The number of aryl methyl sites for hydroxylation is 1. The van der Waals surface area contributed by atoms with Crippen molar-refractivity contribution >= 4 is 32.5 Å². The van der Waals surface area contributed by atoms with Crippen LogP contribution in [0.4, 0.5) is 0 Å². The Kier molecular flexibility index (Phi) is 4.45. The van der Waals surface area contributed by atoms with E-state index in [1.165, 1.54) is 24.3 Å². The lowest BCUT2D eigenvalue weighted by Gasteiger charge is -2.08. The van der Waals surface area contributed by atoms with Crippen LogP contribution in [-0.2, 0) is 16.6 Å². The molecule has 5 nitrogen and oxygen atoms in total. The van der Waals surface area contributed by atoms with Gasteiger partial charge in [0.15, 0.2) is 0 Å². The highest BCUT2D eigenvalue weighted by molar-refractivity contribution is 7.89. The first-order chi connectivity index (χ1) is 11.3. The fourth-order valence-electron chi connectivity index (χ4n) is 2.35. The summed E-state index contributed by atoms with van der Waals surface area (Å²) in [6, 6.07) is 13.2. The number of aromatic amines is 1. The second-order valence-electron chi connectivity index (χ2n) is 5.48. The molecule has 24 heavy (non-hydrogen) atoms. The van der Waals surface area contributed by atoms with E-state index in [0.717, 1.165) is 16.5 Å². The third-order valence-corrected chi connectivity index (χ3v) is 5.35. The zero-order valence-corrected chi connectivity index (χ0v) is 14.4. The molecule has 0 aliphatic carbocycles. The molecule has 0 radical (unpaired) electrons. The summed E-state index contributed by atoms with van der Waals surface area (Å²) in [6.07, 6.45) is 0. The molecule has 0 aliphatic heterocycles. The smallest absolute Gasteiger partial charge is 0.251 e. The summed E-state index contributed by atoms with van der Waals surface area (Å²) in [6.45, 7) is 1.88. The number of H-pyrrole nitrogens is 1. The number of nitrogens with one attached hydrogen (secondary N) is 2. The Morgan fingerprint density at radius 1 is 1.08 bits per heavy atom. The summed E-state index contributed by atoms with van der Waals surface area (Å²) in [4.78, 5) is 14.5. The number of hydrogen-bond donors (Lipinski definition) is 2. The Labute approximate surface area is 144 Å². The van der Waals surface area contributed by atoms with Gasteiger partial charge in [0.25, 0.3) is 5.56 Å². The van der Waals surface area contributed by atoms with Crippen molar-refractivity contribution in [1.82, 2.24) is 9.71 Å². The quantitative estimate of drug-likeness (QED) is 0.748. The molecule has 0 bridgehead atoms. The average Bonchev–Trinajstić information content (AvgIpc) is 2.54. The molecule has 2 N–H and O–H groups in total. The number of pyridine rings is 1. The predicted octanol–water partition coefficient (Wildman–Crippen LogP) is 2.97. The van der Waals surface area contributed by atoms with E-state index in [0.29, 0.717) is 10.6 Å². The van der Waals surface area contributed by atoms with Gasteiger partial charge in [0, 0.05) is 22.6 Å². The Balaban J connectivity index is 1.83. The Morgan fingerprint density at radius 2 is 1.79 bits per heavy atom. The number of fused-ring (bicyclic) bond motifs is 1. The number of benzene rings is 2. The highest BCUT2D eigenvalue weighted by Crippen LogP contribution is 2.16. The van der Waals surface area contributed by atoms with Crippen LogP contribution >= 0.6 is 11.6 Å². The SMILES string of the molecule is Cc1cc2cc(CNS(=O)(=O)c3ccc(Cl)cc3)ccc2[nH]c1=O. The lowest BCUT2D eigenvalue weighted by Crippen LogP contribution is -2.23. The number of aromatic nitrogens is 1. The van der Waals surface area contributed by atoms with Gasteiger partial charge in [-0.1, -0.05) is 17.7 Å². The molecule has 0 unspecified atom stereocenters. The minimum absolute atomic E-state index is 0.126. The van der Waals surface area contributed by atoms with Crippen LogP contribution in [0.25, 0.3) is 10.9 Å².